The van der Waals surface area contributed by atoms with E-state index >= 15 is 0 Å². The summed E-state index contributed by atoms with van der Waals surface area (Å²) in [6.07, 6.45) is -4.43. The standard InChI is InChI=1S/C10H7F3N2OS/c11-10(12,13)6-3-1-2-5(4-6)7-8(16)15-9(17)14-7/h1-4,7H,(H2,14,15,16,17). The second-order valence-electron chi connectivity index (χ2n) is 3.52. The molecule has 1 atom stereocenters. The van der Waals surface area contributed by atoms with E-state index < -0.39 is 23.7 Å². The Balaban J connectivity index is 2.34. The van der Waals surface area contributed by atoms with Crippen LogP contribution in [0.25, 0.3) is 0 Å². The Morgan fingerprint density at radius 1 is 1.29 bits per heavy atom. The molecule has 0 saturated carbocycles. The summed E-state index contributed by atoms with van der Waals surface area (Å²) in [5, 5.41) is 5.05. The normalized spacial score (nSPS) is 20.1. The average Bonchev–Trinajstić information content (AvgIpc) is 2.57. The highest BCUT2D eigenvalue weighted by Crippen LogP contribution is 2.31. The molecule has 0 bridgehead atoms. The van der Waals surface area contributed by atoms with Crippen molar-refractivity contribution in [3.63, 3.8) is 0 Å². The molecule has 1 unspecified atom stereocenters. The van der Waals surface area contributed by atoms with Gasteiger partial charge >= 0.3 is 6.18 Å². The van der Waals surface area contributed by atoms with Gasteiger partial charge in [0.05, 0.1) is 5.56 Å². The molecule has 2 N–H and O–H groups in total. The SMILES string of the molecule is O=C1NC(=S)NC1c1cccc(C(F)(F)F)c1. The summed E-state index contributed by atoms with van der Waals surface area (Å²) in [5.41, 5.74) is -0.556. The Kier molecular flexibility index (Phi) is 2.78. The van der Waals surface area contributed by atoms with Gasteiger partial charge in [-0.05, 0) is 29.9 Å². The molecule has 0 spiro atoms. The van der Waals surface area contributed by atoms with E-state index in [4.69, 9.17) is 12.2 Å². The quantitative estimate of drug-likeness (QED) is 0.756. The number of hydrogen-bond donors (Lipinski definition) is 2. The van der Waals surface area contributed by atoms with Gasteiger partial charge in [-0.1, -0.05) is 12.1 Å². The summed E-state index contributed by atoms with van der Waals surface area (Å²) in [7, 11) is 0. The Morgan fingerprint density at radius 3 is 2.53 bits per heavy atom. The molecule has 1 aliphatic rings. The molecule has 1 heterocycles. The van der Waals surface area contributed by atoms with Gasteiger partial charge in [0, 0.05) is 0 Å². The van der Waals surface area contributed by atoms with E-state index in [0.717, 1.165) is 12.1 Å². The van der Waals surface area contributed by atoms with E-state index in [1.54, 1.807) is 0 Å². The van der Waals surface area contributed by atoms with E-state index in [2.05, 4.69) is 10.6 Å². The van der Waals surface area contributed by atoms with Crippen molar-refractivity contribution in [1.82, 2.24) is 10.6 Å². The first-order chi connectivity index (χ1) is 7.88. The molecular weight excluding hydrogens is 253 g/mol. The fraction of sp³-hybridized carbons (Fsp3) is 0.200. The zero-order chi connectivity index (χ0) is 12.6. The highest BCUT2D eigenvalue weighted by atomic mass is 32.1. The van der Waals surface area contributed by atoms with Gasteiger partial charge in [0.2, 0.25) is 0 Å². The molecule has 1 aromatic rings. The van der Waals surface area contributed by atoms with Gasteiger partial charge in [0.1, 0.15) is 6.04 Å². The van der Waals surface area contributed by atoms with Crippen molar-refractivity contribution < 1.29 is 18.0 Å². The predicted molar refractivity (Wildman–Crippen MR) is 58.1 cm³/mol. The molecule has 1 aliphatic heterocycles. The molecule has 2 rings (SSSR count). The number of benzene rings is 1. The number of amides is 1. The first-order valence-electron chi connectivity index (χ1n) is 4.66. The molecule has 90 valence electrons. The van der Waals surface area contributed by atoms with E-state index in [-0.39, 0.29) is 10.7 Å². The van der Waals surface area contributed by atoms with Gasteiger partial charge < -0.3 is 10.6 Å². The van der Waals surface area contributed by atoms with E-state index in [1.165, 1.54) is 12.1 Å². The summed E-state index contributed by atoms with van der Waals surface area (Å²) in [6.45, 7) is 0. The van der Waals surface area contributed by atoms with Gasteiger partial charge in [0.25, 0.3) is 5.91 Å². The molecule has 3 nitrogen and oxygen atoms in total. The van der Waals surface area contributed by atoms with Crippen LogP contribution in [0.3, 0.4) is 0 Å². The monoisotopic (exact) mass is 260 g/mol. The van der Waals surface area contributed by atoms with Crippen LogP contribution in [0.4, 0.5) is 13.2 Å². The van der Waals surface area contributed by atoms with Gasteiger partial charge in [0.15, 0.2) is 5.11 Å². The van der Waals surface area contributed by atoms with Crippen LogP contribution in [0.1, 0.15) is 17.2 Å². The fourth-order valence-corrected chi connectivity index (χ4v) is 1.76. The first-order valence-corrected chi connectivity index (χ1v) is 5.07. The van der Waals surface area contributed by atoms with Gasteiger partial charge in [-0.25, -0.2) is 0 Å². The number of hydrogen-bond acceptors (Lipinski definition) is 2. The van der Waals surface area contributed by atoms with Crippen LogP contribution in [-0.2, 0) is 11.0 Å². The van der Waals surface area contributed by atoms with Crippen molar-refractivity contribution in [2.75, 3.05) is 0 Å². The average molecular weight is 260 g/mol. The minimum atomic E-state index is -4.43. The van der Waals surface area contributed by atoms with E-state index in [0.29, 0.717) is 0 Å². The third-order valence-corrected chi connectivity index (χ3v) is 2.54. The third kappa shape index (κ3) is 2.38. The van der Waals surface area contributed by atoms with Crippen LogP contribution in [-0.4, -0.2) is 11.0 Å². The van der Waals surface area contributed by atoms with Crippen molar-refractivity contribution in [1.29, 1.82) is 0 Å². The number of carbonyl (C=O) groups excluding carboxylic acids is 1. The second kappa shape index (κ2) is 3.99. The smallest absolute Gasteiger partial charge is 0.347 e. The van der Waals surface area contributed by atoms with Crippen LogP contribution >= 0.6 is 12.2 Å². The summed E-state index contributed by atoms with van der Waals surface area (Å²) < 4.78 is 37.4. The second-order valence-corrected chi connectivity index (χ2v) is 3.93. The third-order valence-electron chi connectivity index (χ3n) is 2.32. The lowest BCUT2D eigenvalue weighted by atomic mass is 10.0. The van der Waals surface area contributed by atoms with Crippen LogP contribution in [0, 0.1) is 0 Å². The predicted octanol–water partition coefficient (Wildman–Crippen LogP) is 1.75. The lowest BCUT2D eigenvalue weighted by Crippen LogP contribution is -2.21. The van der Waals surface area contributed by atoms with Crippen molar-refractivity contribution in [2.45, 2.75) is 12.2 Å². The Morgan fingerprint density at radius 2 is 2.00 bits per heavy atom. The van der Waals surface area contributed by atoms with Gasteiger partial charge in [-0.3, -0.25) is 4.79 Å². The number of rotatable bonds is 1. The molecule has 1 fully saturated rings. The molecule has 17 heavy (non-hydrogen) atoms. The van der Waals surface area contributed by atoms with Crippen LogP contribution in [0.2, 0.25) is 0 Å². The maximum Gasteiger partial charge on any atom is 0.416 e. The van der Waals surface area contributed by atoms with Crippen molar-refractivity contribution in [3.8, 4) is 0 Å². The number of alkyl halides is 3. The van der Waals surface area contributed by atoms with Gasteiger partial charge in [-0.2, -0.15) is 13.2 Å². The molecule has 0 aliphatic carbocycles. The highest BCUT2D eigenvalue weighted by molar-refractivity contribution is 7.80. The van der Waals surface area contributed by atoms with Crippen molar-refractivity contribution in [3.05, 3.63) is 35.4 Å². The topological polar surface area (TPSA) is 41.1 Å². The molecule has 1 amide bonds. The van der Waals surface area contributed by atoms with Crippen LogP contribution in [0.15, 0.2) is 24.3 Å². The van der Waals surface area contributed by atoms with Crippen LogP contribution < -0.4 is 10.6 Å². The van der Waals surface area contributed by atoms with Gasteiger partial charge in [-0.15, -0.1) is 0 Å². The Hall–Kier alpha value is -1.63. The maximum absolute atomic E-state index is 12.5. The molecule has 1 aromatic carbocycles. The molecule has 1 saturated heterocycles. The number of nitrogens with one attached hydrogen (secondary N) is 2. The highest BCUT2D eigenvalue weighted by Gasteiger charge is 2.33. The number of thiocarbonyl (C=S) groups is 1. The van der Waals surface area contributed by atoms with E-state index in [1.807, 2.05) is 0 Å². The largest absolute Gasteiger partial charge is 0.416 e. The summed E-state index contributed by atoms with van der Waals surface area (Å²) in [6, 6.07) is 3.74. The van der Waals surface area contributed by atoms with Crippen molar-refractivity contribution >= 4 is 23.2 Å². The number of carbonyl (C=O) groups is 1. The minimum absolute atomic E-state index is 0.123. The Labute approximate surface area is 100 Å². The van der Waals surface area contributed by atoms with Crippen molar-refractivity contribution in [2.24, 2.45) is 0 Å². The molecule has 7 heteroatoms. The lowest BCUT2D eigenvalue weighted by molar-refractivity contribution is -0.137. The minimum Gasteiger partial charge on any atom is -0.347 e. The Bertz CT molecular complexity index is 487. The zero-order valence-corrected chi connectivity index (χ0v) is 9.15. The maximum atomic E-state index is 12.5. The lowest BCUT2D eigenvalue weighted by Gasteiger charge is -2.11. The summed E-state index contributed by atoms with van der Waals surface area (Å²) in [4.78, 5) is 11.4. The fourth-order valence-electron chi connectivity index (χ4n) is 1.55. The summed E-state index contributed by atoms with van der Waals surface area (Å²) in [5.74, 6) is -0.450. The van der Waals surface area contributed by atoms with E-state index in [9.17, 15) is 18.0 Å². The van der Waals surface area contributed by atoms with Crippen LogP contribution in [0.5, 0.6) is 0 Å². The molecule has 0 aromatic heterocycles. The first kappa shape index (κ1) is 11.8. The molecule has 0 radical (unpaired) electrons. The number of halogens is 3. The summed E-state index contributed by atoms with van der Waals surface area (Å²) >= 11 is 4.71. The molecular formula is C10H7F3N2OS. The zero-order valence-electron chi connectivity index (χ0n) is 8.34.